The van der Waals surface area contributed by atoms with Crippen molar-refractivity contribution in [3.05, 3.63) is 28.0 Å². The molecule has 0 bridgehead atoms. The molecule has 2 heterocycles. The molecule has 1 aliphatic rings. The summed E-state index contributed by atoms with van der Waals surface area (Å²) in [4.78, 5) is 18.9. The van der Waals surface area contributed by atoms with E-state index in [1.54, 1.807) is 11.1 Å². The Labute approximate surface area is 108 Å². The zero-order valence-electron chi connectivity index (χ0n) is 8.86. The second-order valence-corrected chi connectivity index (χ2v) is 5.19. The number of nitrogens with zero attached hydrogens (tertiary/aromatic N) is 2. The van der Waals surface area contributed by atoms with Crippen LogP contribution >= 0.6 is 28.1 Å². The van der Waals surface area contributed by atoms with E-state index in [1.165, 1.54) is 0 Å². The molecule has 0 N–H and O–H groups in total. The van der Waals surface area contributed by atoms with E-state index in [0.29, 0.717) is 25.2 Å². The van der Waals surface area contributed by atoms with Crippen molar-refractivity contribution < 1.29 is 4.79 Å². The standard InChI is InChI=1S/C11H11BrN2OS/c1-2-14-6-9(16)4-7-3-8(12)5-13-10(7)11(14)15/h3,5H,2,4,6H2,1H3. The van der Waals surface area contributed by atoms with Crippen LogP contribution in [0, 0.1) is 0 Å². The van der Waals surface area contributed by atoms with Crippen LogP contribution in [0.25, 0.3) is 0 Å². The maximum Gasteiger partial charge on any atom is 0.273 e. The van der Waals surface area contributed by atoms with E-state index in [1.807, 2.05) is 13.0 Å². The molecule has 2 rings (SSSR count). The number of carbonyl (C=O) groups excluding carboxylic acids is 1. The third-order valence-electron chi connectivity index (χ3n) is 2.56. The highest BCUT2D eigenvalue weighted by Crippen LogP contribution is 2.19. The molecule has 0 radical (unpaired) electrons. The number of carbonyl (C=O) groups is 1. The van der Waals surface area contributed by atoms with Crippen LogP contribution in [0.5, 0.6) is 0 Å². The lowest BCUT2D eigenvalue weighted by atomic mass is 10.1. The number of thiocarbonyl (C=S) groups is 1. The number of hydrogen-bond donors (Lipinski definition) is 0. The molecule has 0 atom stereocenters. The molecular formula is C11H11BrN2OS. The Hall–Kier alpha value is -0.810. The van der Waals surface area contributed by atoms with Gasteiger partial charge in [-0.25, -0.2) is 4.98 Å². The summed E-state index contributed by atoms with van der Waals surface area (Å²) in [6.45, 7) is 3.17. The van der Waals surface area contributed by atoms with Gasteiger partial charge >= 0.3 is 0 Å². The van der Waals surface area contributed by atoms with Crippen LogP contribution in [0.3, 0.4) is 0 Å². The van der Waals surface area contributed by atoms with Gasteiger partial charge in [0, 0.05) is 28.5 Å². The Kier molecular flexibility index (Phi) is 3.35. The SMILES string of the molecule is CCN1CC(=S)Cc2cc(Br)cnc2C1=O. The van der Waals surface area contributed by atoms with E-state index in [4.69, 9.17) is 12.2 Å². The van der Waals surface area contributed by atoms with Crippen LogP contribution < -0.4 is 0 Å². The van der Waals surface area contributed by atoms with Crippen molar-refractivity contribution in [3.8, 4) is 0 Å². The highest BCUT2D eigenvalue weighted by Gasteiger charge is 2.24. The molecule has 16 heavy (non-hydrogen) atoms. The Balaban J connectivity index is 2.50. The summed E-state index contributed by atoms with van der Waals surface area (Å²) in [5.41, 5.74) is 1.45. The van der Waals surface area contributed by atoms with Crippen LogP contribution in [0.1, 0.15) is 23.0 Å². The maximum absolute atomic E-state index is 12.1. The topological polar surface area (TPSA) is 33.2 Å². The smallest absolute Gasteiger partial charge is 0.273 e. The first-order chi connectivity index (χ1) is 7.61. The molecule has 1 amide bonds. The van der Waals surface area contributed by atoms with Crippen molar-refractivity contribution in [1.82, 2.24) is 9.88 Å². The summed E-state index contributed by atoms with van der Waals surface area (Å²) in [7, 11) is 0. The van der Waals surface area contributed by atoms with Gasteiger partial charge in [-0.05, 0) is 34.5 Å². The lowest BCUT2D eigenvalue weighted by Gasteiger charge is -2.17. The Morgan fingerprint density at radius 3 is 3.06 bits per heavy atom. The summed E-state index contributed by atoms with van der Waals surface area (Å²) in [6.07, 6.45) is 2.30. The van der Waals surface area contributed by atoms with Gasteiger partial charge in [0.05, 0.1) is 6.54 Å². The van der Waals surface area contributed by atoms with Crippen molar-refractivity contribution in [2.24, 2.45) is 0 Å². The first-order valence-electron chi connectivity index (χ1n) is 5.07. The van der Waals surface area contributed by atoms with Crippen LogP contribution in [0.15, 0.2) is 16.7 Å². The number of fused-ring (bicyclic) bond motifs is 1. The minimum Gasteiger partial charge on any atom is -0.333 e. The minimum atomic E-state index is -0.0233. The van der Waals surface area contributed by atoms with Crippen molar-refractivity contribution in [1.29, 1.82) is 0 Å². The third-order valence-corrected chi connectivity index (χ3v) is 3.27. The minimum absolute atomic E-state index is 0.0233. The van der Waals surface area contributed by atoms with Crippen molar-refractivity contribution >= 4 is 38.9 Å². The fourth-order valence-electron chi connectivity index (χ4n) is 1.77. The van der Waals surface area contributed by atoms with Gasteiger partial charge in [0.15, 0.2) is 0 Å². The third kappa shape index (κ3) is 2.15. The van der Waals surface area contributed by atoms with E-state index in [0.717, 1.165) is 14.9 Å². The highest BCUT2D eigenvalue weighted by atomic mass is 79.9. The quantitative estimate of drug-likeness (QED) is 0.746. The number of pyridine rings is 1. The van der Waals surface area contributed by atoms with Crippen molar-refractivity contribution in [2.45, 2.75) is 13.3 Å². The summed E-state index contributed by atoms with van der Waals surface area (Å²) >= 11 is 8.63. The van der Waals surface area contributed by atoms with E-state index in [9.17, 15) is 4.79 Å². The maximum atomic E-state index is 12.1. The van der Waals surface area contributed by atoms with Gasteiger partial charge in [-0.3, -0.25) is 4.79 Å². The Morgan fingerprint density at radius 1 is 1.62 bits per heavy atom. The molecule has 0 saturated heterocycles. The second kappa shape index (κ2) is 4.59. The van der Waals surface area contributed by atoms with Gasteiger partial charge in [-0.1, -0.05) is 12.2 Å². The summed E-state index contributed by atoms with van der Waals surface area (Å²) in [5.74, 6) is -0.0233. The molecule has 0 saturated carbocycles. The number of rotatable bonds is 1. The van der Waals surface area contributed by atoms with Crippen molar-refractivity contribution in [3.63, 3.8) is 0 Å². The fourth-order valence-corrected chi connectivity index (χ4v) is 2.46. The molecule has 0 fully saturated rings. The van der Waals surface area contributed by atoms with Crippen LogP contribution in [0.2, 0.25) is 0 Å². The predicted octanol–water partition coefficient (Wildman–Crippen LogP) is 2.23. The van der Waals surface area contributed by atoms with Gasteiger partial charge in [0.2, 0.25) is 0 Å². The molecule has 0 aliphatic carbocycles. The Morgan fingerprint density at radius 2 is 2.38 bits per heavy atom. The largest absolute Gasteiger partial charge is 0.333 e. The average molecular weight is 299 g/mol. The first-order valence-corrected chi connectivity index (χ1v) is 6.27. The zero-order valence-corrected chi connectivity index (χ0v) is 11.3. The van der Waals surface area contributed by atoms with Crippen LogP contribution in [-0.2, 0) is 6.42 Å². The van der Waals surface area contributed by atoms with Gasteiger partial charge in [-0.15, -0.1) is 0 Å². The van der Waals surface area contributed by atoms with E-state index in [2.05, 4.69) is 20.9 Å². The van der Waals surface area contributed by atoms with Crippen molar-refractivity contribution in [2.75, 3.05) is 13.1 Å². The molecule has 5 heteroatoms. The van der Waals surface area contributed by atoms with Gasteiger partial charge in [-0.2, -0.15) is 0 Å². The molecule has 0 aromatic carbocycles. The van der Waals surface area contributed by atoms with Gasteiger partial charge in [0.25, 0.3) is 5.91 Å². The normalized spacial score (nSPS) is 16.0. The number of halogens is 1. The molecule has 1 aromatic rings. The zero-order chi connectivity index (χ0) is 11.7. The average Bonchev–Trinajstić information content (AvgIpc) is 2.35. The summed E-state index contributed by atoms with van der Waals surface area (Å²) < 4.78 is 0.881. The molecule has 0 unspecified atom stereocenters. The molecule has 1 aromatic heterocycles. The number of hydrogen-bond acceptors (Lipinski definition) is 3. The molecule has 3 nitrogen and oxygen atoms in total. The summed E-state index contributed by atoms with van der Waals surface area (Å²) in [6, 6.07) is 1.92. The van der Waals surface area contributed by atoms with Gasteiger partial charge < -0.3 is 4.90 Å². The van der Waals surface area contributed by atoms with E-state index in [-0.39, 0.29) is 5.91 Å². The number of aromatic nitrogens is 1. The lowest BCUT2D eigenvalue weighted by molar-refractivity contribution is 0.0784. The Bertz CT molecular complexity index is 461. The lowest BCUT2D eigenvalue weighted by Crippen LogP contribution is -2.33. The first kappa shape index (κ1) is 11.7. The van der Waals surface area contributed by atoms with Crippen LogP contribution in [-0.4, -0.2) is 33.7 Å². The fraction of sp³-hybridized carbons (Fsp3) is 0.364. The monoisotopic (exact) mass is 298 g/mol. The van der Waals surface area contributed by atoms with Crippen LogP contribution in [0.4, 0.5) is 0 Å². The highest BCUT2D eigenvalue weighted by molar-refractivity contribution is 9.10. The second-order valence-electron chi connectivity index (χ2n) is 3.70. The molecule has 0 spiro atoms. The van der Waals surface area contributed by atoms with Gasteiger partial charge in [0.1, 0.15) is 5.69 Å². The summed E-state index contributed by atoms with van der Waals surface area (Å²) in [5, 5.41) is 0. The van der Waals surface area contributed by atoms with E-state index < -0.39 is 0 Å². The molecule has 84 valence electrons. The predicted molar refractivity (Wildman–Crippen MR) is 69.8 cm³/mol. The van der Waals surface area contributed by atoms with E-state index >= 15 is 0 Å². The number of amides is 1. The molecular weight excluding hydrogens is 288 g/mol. The molecule has 1 aliphatic heterocycles.